The molecule has 0 aromatic heterocycles. The number of phenols is 2. The van der Waals surface area contributed by atoms with Gasteiger partial charge in [0.25, 0.3) is 0 Å². The molecular weight excluding hydrogens is 480 g/mol. The minimum absolute atomic E-state index is 0.00736. The molecule has 38 heavy (non-hydrogen) atoms. The lowest BCUT2D eigenvalue weighted by molar-refractivity contribution is -0.150. The Morgan fingerprint density at radius 2 is 1.03 bits per heavy atom. The van der Waals surface area contributed by atoms with Crippen molar-refractivity contribution in [1.29, 1.82) is 0 Å². The summed E-state index contributed by atoms with van der Waals surface area (Å²) in [5.74, 6) is 1.20. The number of ether oxygens (including phenoxy) is 2. The molecule has 0 saturated carbocycles. The molecule has 6 nitrogen and oxygen atoms in total. The smallest absolute Gasteiger partial charge is 0.306 e. The van der Waals surface area contributed by atoms with E-state index in [9.17, 15) is 19.8 Å². The summed E-state index contributed by atoms with van der Waals surface area (Å²) in [7, 11) is 0. The monoisotopic (exact) mass is 534 g/mol. The first-order valence-corrected chi connectivity index (χ1v) is 15.0. The minimum atomic E-state index is -0.160. The van der Waals surface area contributed by atoms with Gasteiger partial charge in [0.1, 0.15) is 23.7 Å². The van der Waals surface area contributed by atoms with Crippen LogP contribution in [0.15, 0.2) is 12.1 Å². The third kappa shape index (κ3) is 14.6. The van der Waals surface area contributed by atoms with Gasteiger partial charge in [-0.15, -0.1) is 0 Å². The molecule has 2 atom stereocenters. The highest BCUT2D eigenvalue weighted by Gasteiger charge is 2.15. The number of unbranched alkanes of at least 4 members (excludes halogenated alkanes) is 2. The van der Waals surface area contributed by atoms with Crippen molar-refractivity contribution in [2.75, 3.05) is 0 Å². The van der Waals surface area contributed by atoms with E-state index in [1.54, 1.807) is 12.1 Å². The number of benzene rings is 1. The van der Waals surface area contributed by atoms with Crippen LogP contribution in [0.4, 0.5) is 0 Å². The summed E-state index contributed by atoms with van der Waals surface area (Å²) in [6.45, 7) is 12.8. The van der Waals surface area contributed by atoms with E-state index in [1.165, 1.54) is 0 Å². The van der Waals surface area contributed by atoms with Gasteiger partial charge in [0.15, 0.2) is 0 Å². The highest BCUT2D eigenvalue weighted by molar-refractivity contribution is 5.69. The van der Waals surface area contributed by atoms with Crippen LogP contribution < -0.4 is 0 Å². The molecule has 0 heterocycles. The fraction of sp³-hybridized carbons (Fsp3) is 0.750. The first kappa shape index (κ1) is 33.8. The van der Waals surface area contributed by atoms with E-state index in [4.69, 9.17) is 9.47 Å². The molecule has 1 aromatic rings. The average molecular weight is 535 g/mol. The number of hydrogen-bond acceptors (Lipinski definition) is 6. The van der Waals surface area contributed by atoms with Crippen LogP contribution in [0.1, 0.15) is 130 Å². The number of phenolic OH excluding ortho intramolecular Hbond substituents is 2. The Hall–Kier alpha value is -2.24. The van der Waals surface area contributed by atoms with Crippen LogP contribution >= 0.6 is 0 Å². The fourth-order valence-electron chi connectivity index (χ4n) is 4.45. The average Bonchev–Trinajstić information content (AvgIpc) is 2.86. The minimum Gasteiger partial charge on any atom is -0.508 e. The lowest BCUT2D eigenvalue weighted by Gasteiger charge is -2.17. The zero-order chi connectivity index (χ0) is 28.5. The molecule has 1 rings (SSSR count). The fourth-order valence-corrected chi connectivity index (χ4v) is 4.45. The van der Waals surface area contributed by atoms with Crippen molar-refractivity contribution in [2.24, 2.45) is 11.8 Å². The molecule has 2 unspecified atom stereocenters. The lowest BCUT2D eigenvalue weighted by atomic mass is 10.00. The molecule has 0 bridgehead atoms. The van der Waals surface area contributed by atoms with E-state index >= 15 is 0 Å². The molecule has 0 spiro atoms. The van der Waals surface area contributed by atoms with E-state index in [2.05, 4.69) is 27.7 Å². The number of esters is 2. The van der Waals surface area contributed by atoms with Gasteiger partial charge in [-0.3, -0.25) is 9.59 Å². The number of hydrogen-bond donors (Lipinski definition) is 2. The standard InChI is InChI=1S/C32H54O6/c1-7-27(19-17-23(3)4)37-31(35)15-11-9-13-25-21-30(34)26(22-29(25)33)14-10-12-16-32(36)38-28(8-2)20-18-24(5)6/h21-24,27-28,33-34H,7-20H2,1-6H3. The second kappa shape index (κ2) is 18.9. The summed E-state index contributed by atoms with van der Waals surface area (Å²) in [6, 6.07) is 3.24. The van der Waals surface area contributed by atoms with Gasteiger partial charge >= 0.3 is 11.9 Å². The van der Waals surface area contributed by atoms with Gasteiger partial charge < -0.3 is 19.7 Å². The number of aromatic hydroxyl groups is 2. The molecule has 0 aliphatic heterocycles. The summed E-state index contributed by atoms with van der Waals surface area (Å²) in [5, 5.41) is 20.9. The Bertz CT molecular complexity index is 749. The van der Waals surface area contributed by atoms with E-state index in [0.29, 0.717) is 61.5 Å². The molecule has 6 heteroatoms. The summed E-state index contributed by atoms with van der Waals surface area (Å²) in [6.07, 6.45) is 10.2. The van der Waals surface area contributed by atoms with Crippen LogP contribution in [0.3, 0.4) is 0 Å². The maximum atomic E-state index is 12.2. The largest absolute Gasteiger partial charge is 0.508 e. The van der Waals surface area contributed by atoms with E-state index < -0.39 is 0 Å². The highest BCUT2D eigenvalue weighted by Crippen LogP contribution is 2.30. The number of aryl methyl sites for hydroxylation is 2. The summed E-state index contributed by atoms with van der Waals surface area (Å²) >= 11 is 0. The lowest BCUT2D eigenvalue weighted by Crippen LogP contribution is -2.18. The van der Waals surface area contributed by atoms with Crippen molar-refractivity contribution in [2.45, 2.75) is 144 Å². The quantitative estimate of drug-likeness (QED) is 0.0999. The molecule has 2 N–H and O–H groups in total. The highest BCUT2D eigenvalue weighted by atomic mass is 16.5. The van der Waals surface area contributed by atoms with E-state index in [1.807, 2.05) is 13.8 Å². The molecular formula is C32H54O6. The molecule has 0 aliphatic carbocycles. The van der Waals surface area contributed by atoms with Crippen molar-refractivity contribution in [3.8, 4) is 11.5 Å². The zero-order valence-corrected chi connectivity index (χ0v) is 24.9. The predicted octanol–water partition coefficient (Wildman–Crippen LogP) is 8.04. The van der Waals surface area contributed by atoms with E-state index in [0.717, 1.165) is 51.4 Å². The van der Waals surface area contributed by atoms with Gasteiger partial charge in [0, 0.05) is 12.8 Å². The second-order valence-electron chi connectivity index (χ2n) is 11.5. The first-order chi connectivity index (χ1) is 18.0. The Labute approximate surface area is 231 Å². The van der Waals surface area contributed by atoms with Crippen LogP contribution in [0.25, 0.3) is 0 Å². The first-order valence-electron chi connectivity index (χ1n) is 15.0. The number of carbonyl (C=O) groups is 2. The Kier molecular flexibility index (Phi) is 16.8. The van der Waals surface area contributed by atoms with Crippen molar-refractivity contribution < 1.29 is 29.3 Å². The zero-order valence-electron chi connectivity index (χ0n) is 24.9. The number of rotatable bonds is 20. The molecule has 0 aliphatic rings. The van der Waals surface area contributed by atoms with Crippen molar-refractivity contribution >= 4 is 11.9 Å². The predicted molar refractivity (Wildman–Crippen MR) is 153 cm³/mol. The Morgan fingerprint density at radius 3 is 1.34 bits per heavy atom. The van der Waals surface area contributed by atoms with Gasteiger partial charge in [-0.2, -0.15) is 0 Å². The van der Waals surface area contributed by atoms with Crippen LogP contribution in [-0.4, -0.2) is 34.4 Å². The van der Waals surface area contributed by atoms with Crippen molar-refractivity contribution in [3.63, 3.8) is 0 Å². The second-order valence-corrected chi connectivity index (χ2v) is 11.5. The van der Waals surface area contributed by atoms with Gasteiger partial charge in [-0.05, 0) is 112 Å². The SMILES string of the molecule is CCC(CCC(C)C)OC(=O)CCCCc1cc(O)c(CCCCC(=O)OC(CC)CCC(C)C)cc1O. The molecule has 0 fully saturated rings. The van der Waals surface area contributed by atoms with Crippen LogP contribution in [0, 0.1) is 11.8 Å². The van der Waals surface area contributed by atoms with Gasteiger partial charge in [0.2, 0.25) is 0 Å². The summed E-state index contributed by atoms with van der Waals surface area (Å²) in [5.41, 5.74) is 1.36. The van der Waals surface area contributed by atoms with Crippen molar-refractivity contribution in [1.82, 2.24) is 0 Å². The van der Waals surface area contributed by atoms with Gasteiger partial charge in [-0.1, -0.05) is 41.5 Å². The maximum absolute atomic E-state index is 12.2. The van der Waals surface area contributed by atoms with Crippen LogP contribution in [0.2, 0.25) is 0 Å². The molecule has 218 valence electrons. The molecule has 0 radical (unpaired) electrons. The molecule has 0 amide bonds. The normalized spacial score (nSPS) is 13.1. The van der Waals surface area contributed by atoms with Gasteiger partial charge in [0.05, 0.1) is 0 Å². The molecule has 1 aromatic carbocycles. The number of carbonyl (C=O) groups excluding carboxylic acids is 2. The topological polar surface area (TPSA) is 93.1 Å². The van der Waals surface area contributed by atoms with Crippen LogP contribution in [-0.2, 0) is 31.9 Å². The Balaban J connectivity index is 2.38. The van der Waals surface area contributed by atoms with Crippen molar-refractivity contribution in [3.05, 3.63) is 23.3 Å². The van der Waals surface area contributed by atoms with E-state index in [-0.39, 0.29) is 35.6 Å². The summed E-state index contributed by atoms with van der Waals surface area (Å²) in [4.78, 5) is 24.4. The van der Waals surface area contributed by atoms with Crippen LogP contribution in [0.5, 0.6) is 11.5 Å². The molecule has 0 saturated heterocycles. The maximum Gasteiger partial charge on any atom is 0.306 e. The third-order valence-corrected chi connectivity index (χ3v) is 7.07. The Morgan fingerprint density at radius 1 is 0.658 bits per heavy atom. The third-order valence-electron chi connectivity index (χ3n) is 7.07. The van der Waals surface area contributed by atoms with Gasteiger partial charge in [-0.25, -0.2) is 0 Å². The summed E-state index contributed by atoms with van der Waals surface area (Å²) < 4.78 is 11.2.